The molecule has 2 amide bonds. The molecule has 1 saturated heterocycles. The third kappa shape index (κ3) is 4.34. The molecule has 0 bridgehead atoms. The average molecular weight is 481 g/mol. The number of tetrazole rings is 1. The van der Waals surface area contributed by atoms with Crippen LogP contribution in [0.4, 0.5) is 0 Å². The Balaban J connectivity index is 0.00000289. The molecule has 4 rings (SSSR count). The van der Waals surface area contributed by atoms with E-state index in [-0.39, 0.29) is 11.2 Å². The summed E-state index contributed by atoms with van der Waals surface area (Å²) < 4.78 is 1.48. The molecule has 14 heteroatoms. The Labute approximate surface area is 190 Å². The van der Waals surface area contributed by atoms with Crippen molar-refractivity contribution in [3.63, 3.8) is 0 Å². The third-order valence-electron chi connectivity index (χ3n) is 4.87. The Kier molecular flexibility index (Phi) is 7.18. The van der Waals surface area contributed by atoms with E-state index in [0.717, 1.165) is 0 Å². The minimum atomic E-state index is -1.42. The molecule has 0 spiro atoms. The van der Waals surface area contributed by atoms with Crippen LogP contribution in [0.2, 0.25) is 0 Å². The molecule has 32 heavy (non-hydrogen) atoms. The summed E-state index contributed by atoms with van der Waals surface area (Å²) in [5.41, 5.74) is 0.901. The maximum atomic E-state index is 12.7. The molecule has 3 atom stereocenters. The first kappa shape index (κ1) is 23.7. The van der Waals surface area contributed by atoms with Gasteiger partial charge in [0, 0.05) is 18.6 Å². The van der Waals surface area contributed by atoms with Crippen LogP contribution < -0.4 is 5.32 Å². The number of hydrogen-bond acceptors (Lipinski definition) is 9. The molecule has 0 saturated carbocycles. The smallest absolute Gasteiger partial charge is 0.352 e. The van der Waals surface area contributed by atoms with Gasteiger partial charge in [-0.05, 0) is 21.6 Å². The van der Waals surface area contributed by atoms with Crippen molar-refractivity contribution in [3.8, 4) is 0 Å². The Morgan fingerprint density at radius 2 is 2.06 bits per heavy atom. The first-order valence-corrected chi connectivity index (χ1v) is 11.2. The van der Waals surface area contributed by atoms with Crippen molar-refractivity contribution in [2.24, 2.45) is 7.05 Å². The quantitative estimate of drug-likeness (QED) is 0.326. The van der Waals surface area contributed by atoms with Gasteiger partial charge in [-0.25, -0.2) is 9.48 Å². The third-order valence-corrected chi connectivity index (χ3v) is 7.30. The van der Waals surface area contributed by atoms with Gasteiger partial charge in [0.1, 0.15) is 17.1 Å². The number of carboxylic acids is 1. The molecule has 2 aliphatic rings. The van der Waals surface area contributed by atoms with Gasteiger partial charge in [-0.3, -0.25) is 14.5 Å². The number of β-lactam (4-membered cyclic amide) rings is 1. The van der Waals surface area contributed by atoms with Crippen molar-refractivity contribution in [1.29, 1.82) is 0 Å². The van der Waals surface area contributed by atoms with Crippen LogP contribution in [-0.2, 0) is 21.4 Å². The zero-order valence-electron chi connectivity index (χ0n) is 16.7. The number of carbonyl (C=O) groups excluding carboxylic acids is 2. The summed E-state index contributed by atoms with van der Waals surface area (Å²) in [5.74, 6) is -1.75. The van der Waals surface area contributed by atoms with Gasteiger partial charge in [0.15, 0.2) is 6.10 Å². The summed E-state index contributed by atoms with van der Waals surface area (Å²) in [6.45, 7) is 0. The van der Waals surface area contributed by atoms with Crippen molar-refractivity contribution in [3.05, 3.63) is 47.2 Å². The van der Waals surface area contributed by atoms with E-state index in [2.05, 4.69) is 20.8 Å². The van der Waals surface area contributed by atoms with Crippen LogP contribution in [0.1, 0.15) is 11.7 Å². The van der Waals surface area contributed by atoms with E-state index in [0.29, 0.717) is 27.8 Å². The number of nitrogens with zero attached hydrogens (tertiary/aromatic N) is 5. The van der Waals surface area contributed by atoms with E-state index in [1.807, 2.05) is 0 Å². The number of hydrogen-bond donors (Lipinski definition) is 3. The minimum Gasteiger partial charge on any atom is -0.477 e. The number of benzene rings is 1. The minimum absolute atomic E-state index is 0. The predicted molar refractivity (Wildman–Crippen MR) is 114 cm³/mol. The van der Waals surface area contributed by atoms with E-state index >= 15 is 0 Å². The number of aryl methyl sites for hydroxylation is 1. The molecule has 0 radical (unpaired) electrons. The number of aliphatic carboxylic acids is 1. The second kappa shape index (κ2) is 9.68. The van der Waals surface area contributed by atoms with E-state index in [1.54, 1.807) is 37.4 Å². The number of carbonyl (C=O) groups is 3. The zero-order chi connectivity index (χ0) is 22.1. The van der Waals surface area contributed by atoms with Crippen LogP contribution in [0.5, 0.6) is 0 Å². The molecule has 1 aromatic heterocycles. The van der Waals surface area contributed by atoms with E-state index in [9.17, 15) is 24.6 Å². The first-order valence-electron chi connectivity index (χ1n) is 9.17. The van der Waals surface area contributed by atoms with Crippen molar-refractivity contribution in [2.45, 2.75) is 22.7 Å². The number of rotatable bonds is 7. The highest BCUT2D eigenvalue weighted by Gasteiger charge is 2.54. The molecule has 2 aromatic rings. The first-order chi connectivity index (χ1) is 14.9. The molecule has 5 N–H and O–H groups in total. The molecule has 2 aliphatic heterocycles. The highest BCUT2D eigenvalue weighted by molar-refractivity contribution is 8.01. The second-order valence-corrected chi connectivity index (χ2v) is 8.89. The average Bonchev–Trinajstić information content (AvgIpc) is 3.19. The zero-order valence-corrected chi connectivity index (χ0v) is 18.3. The van der Waals surface area contributed by atoms with Gasteiger partial charge in [0.25, 0.3) is 11.8 Å². The van der Waals surface area contributed by atoms with E-state index in [4.69, 9.17) is 0 Å². The lowest BCUT2D eigenvalue weighted by Crippen LogP contribution is -2.70. The number of amides is 2. The van der Waals surface area contributed by atoms with Crippen molar-refractivity contribution in [2.75, 3.05) is 11.5 Å². The number of fused-ring (bicyclic) bond motifs is 1. The summed E-state index contributed by atoms with van der Waals surface area (Å²) >= 11 is 2.64. The summed E-state index contributed by atoms with van der Waals surface area (Å²) in [4.78, 5) is 38.2. The maximum Gasteiger partial charge on any atom is 0.352 e. The fraction of sp³-hybridized carbons (Fsp3) is 0.333. The predicted octanol–water partition coefficient (Wildman–Crippen LogP) is -1.05. The standard InChI is InChI=1S/C18H18N6O5S2.H2O/c1-23-18(20-21-22-23)31-8-10-7-30-16-11(15(27)24(16)12(10)17(28)29)19-14(26)13(25)9-5-3-2-4-6-9;/h2-6,11,13,16,25H,7-8H2,1H3,(H,19,26)(H,28,29);1H2/t11-,13-,16-;/m1./s1. The van der Waals surface area contributed by atoms with Crippen LogP contribution in [-0.4, -0.2) is 81.5 Å². The van der Waals surface area contributed by atoms with Crippen molar-refractivity contribution in [1.82, 2.24) is 30.4 Å². The number of aliphatic hydroxyl groups excluding tert-OH is 1. The Morgan fingerprint density at radius 3 is 2.69 bits per heavy atom. The van der Waals surface area contributed by atoms with Crippen molar-refractivity contribution < 1.29 is 30.1 Å². The summed E-state index contributed by atoms with van der Waals surface area (Å²) in [5, 5.41) is 33.6. The lowest BCUT2D eigenvalue weighted by molar-refractivity contribution is -0.151. The van der Waals surface area contributed by atoms with E-state index < -0.39 is 35.3 Å². The molecule has 170 valence electrons. The normalized spacial score (nSPS) is 20.7. The fourth-order valence-electron chi connectivity index (χ4n) is 3.31. The molecule has 1 aromatic carbocycles. The van der Waals surface area contributed by atoms with Crippen LogP contribution in [0.3, 0.4) is 0 Å². The molecule has 3 heterocycles. The van der Waals surface area contributed by atoms with Crippen LogP contribution in [0, 0.1) is 0 Å². The maximum absolute atomic E-state index is 12.7. The number of aromatic nitrogens is 4. The number of carboxylic acid groups (broad SMARTS) is 1. The largest absolute Gasteiger partial charge is 0.477 e. The molecular formula is C18H20N6O6S2. The molecule has 0 aliphatic carbocycles. The number of thioether (sulfide) groups is 2. The molecule has 0 unspecified atom stereocenters. The Bertz CT molecular complexity index is 1060. The monoisotopic (exact) mass is 480 g/mol. The highest BCUT2D eigenvalue weighted by atomic mass is 32.2. The molecule has 12 nitrogen and oxygen atoms in total. The second-order valence-electron chi connectivity index (χ2n) is 6.84. The Hall–Kier alpha value is -2.94. The number of nitrogens with one attached hydrogen (secondary N) is 1. The SMILES string of the molecule is Cn1nnnc1SCC1=C(C(=O)O)N2C(=O)[C@@H](NC(=O)[C@H](O)c3ccccc3)[C@H]2SC1.O. The van der Waals surface area contributed by atoms with Crippen molar-refractivity contribution >= 4 is 41.3 Å². The van der Waals surface area contributed by atoms with Crippen LogP contribution in [0.25, 0.3) is 0 Å². The van der Waals surface area contributed by atoms with Gasteiger partial charge in [-0.1, -0.05) is 42.1 Å². The van der Waals surface area contributed by atoms with Gasteiger partial charge in [-0.2, -0.15) is 0 Å². The lowest BCUT2D eigenvalue weighted by atomic mass is 10.0. The Morgan fingerprint density at radius 1 is 1.34 bits per heavy atom. The summed E-state index contributed by atoms with van der Waals surface area (Å²) in [7, 11) is 1.68. The molecular weight excluding hydrogens is 460 g/mol. The van der Waals surface area contributed by atoms with Crippen LogP contribution >= 0.6 is 23.5 Å². The lowest BCUT2D eigenvalue weighted by Gasteiger charge is -2.49. The van der Waals surface area contributed by atoms with Gasteiger partial charge < -0.3 is 21.0 Å². The summed E-state index contributed by atoms with van der Waals surface area (Å²) in [6.07, 6.45) is -1.42. The van der Waals surface area contributed by atoms with E-state index in [1.165, 1.54) is 33.1 Å². The van der Waals surface area contributed by atoms with Gasteiger partial charge in [0.2, 0.25) is 5.16 Å². The van der Waals surface area contributed by atoms with Crippen LogP contribution in [0.15, 0.2) is 46.8 Å². The number of aliphatic hydroxyl groups is 1. The van der Waals surface area contributed by atoms with Gasteiger partial charge in [-0.15, -0.1) is 16.9 Å². The van der Waals surface area contributed by atoms with Gasteiger partial charge in [0.05, 0.1) is 0 Å². The summed E-state index contributed by atoms with van der Waals surface area (Å²) in [6, 6.07) is 7.46. The highest BCUT2D eigenvalue weighted by Crippen LogP contribution is 2.41. The topological polar surface area (TPSA) is 182 Å². The fourth-order valence-corrected chi connectivity index (χ4v) is 5.64. The van der Waals surface area contributed by atoms with Gasteiger partial charge >= 0.3 is 5.97 Å². The molecule has 1 fully saturated rings.